The van der Waals surface area contributed by atoms with Crippen molar-refractivity contribution in [1.29, 1.82) is 0 Å². The third-order valence-corrected chi connectivity index (χ3v) is 0.168. The molecule has 1 N–H and O–H groups in total. The van der Waals surface area contributed by atoms with Crippen molar-refractivity contribution in [1.82, 2.24) is 0 Å². The van der Waals surface area contributed by atoms with E-state index in [2.05, 4.69) is 4.79 Å². The van der Waals surface area contributed by atoms with E-state index in [0.29, 0.717) is 6.21 Å². The van der Waals surface area contributed by atoms with Gasteiger partial charge in [-0.05, 0) is 0 Å². The lowest BCUT2D eigenvalue weighted by Crippen LogP contribution is -1.94. The van der Waals surface area contributed by atoms with Gasteiger partial charge in [0.05, 0.1) is 0 Å². The molecule has 0 fully saturated rings. The zero-order valence-corrected chi connectivity index (χ0v) is 3.64. The summed E-state index contributed by atoms with van der Waals surface area (Å²) in [5.74, 6) is -1.25. The topological polar surface area (TPSA) is 108 Å². The number of nitrogens with zero attached hydrogens (tertiary/aromatic N) is 2. The van der Waals surface area contributed by atoms with Crippen LogP contribution >= 0.6 is 0 Å². The monoisotopic (exact) mass is 118 g/mol. The molecule has 0 aromatic heterocycles. The Morgan fingerprint density at radius 1 is 1.62 bits per heavy atom. The van der Waals surface area contributed by atoms with Crippen LogP contribution in [0.5, 0.6) is 0 Å². The van der Waals surface area contributed by atoms with Gasteiger partial charge in [0.25, 0.3) is 0 Å². The van der Waals surface area contributed by atoms with Crippen LogP contribution in [-0.2, 0) is 4.79 Å². The molecule has 0 aromatic rings. The maximum Gasteiger partial charge on any atom is 0.411 e. The molecule has 0 amide bonds. The van der Waals surface area contributed by atoms with Crippen molar-refractivity contribution >= 4 is 12.2 Å². The van der Waals surface area contributed by atoms with Crippen LogP contribution in [0.2, 0.25) is 0 Å². The number of carboxylic acid groups (broad SMARTS) is 1. The van der Waals surface area contributed by atoms with Gasteiger partial charge in [0.2, 0.25) is 0 Å². The van der Waals surface area contributed by atoms with Gasteiger partial charge in [0, 0.05) is 9.93 Å². The fourth-order valence-corrected chi connectivity index (χ4v) is 0.0494. The molecular weight excluding hydrogens is 116 g/mol. The molecule has 0 rings (SSSR count). The molecule has 6 heteroatoms. The molecule has 0 radical (unpaired) electrons. The van der Waals surface area contributed by atoms with Gasteiger partial charge in [-0.2, -0.15) is 4.79 Å². The minimum Gasteiger partial charge on any atom is -0.473 e. The Labute approximate surface area is 43.6 Å². The highest BCUT2D eigenvalue weighted by atomic mass is 16.7. The van der Waals surface area contributed by atoms with Crippen LogP contribution in [0.4, 0.5) is 0 Å². The average Bonchev–Trinajstić information content (AvgIpc) is 1.72. The Kier molecular flexibility index (Phi) is 11.0. The van der Waals surface area contributed by atoms with E-state index < -0.39 is 5.97 Å². The molecule has 0 spiro atoms. The molecule has 0 saturated heterocycles. The van der Waals surface area contributed by atoms with Crippen LogP contribution in [-0.4, -0.2) is 22.1 Å². The molecule has 0 aliphatic rings. The second kappa shape index (κ2) is 9.07. The first-order valence-electron chi connectivity index (χ1n) is 1.34. The molecule has 0 aliphatic carbocycles. The lowest BCUT2D eigenvalue weighted by Gasteiger charge is -1.57. The Bertz CT molecular complexity index is 115. The first-order chi connectivity index (χ1) is 3.77. The van der Waals surface area contributed by atoms with Crippen molar-refractivity contribution in [3.8, 4) is 0 Å². The van der Waals surface area contributed by atoms with Crippen molar-refractivity contribution in [2.75, 3.05) is 0 Å². The highest BCUT2D eigenvalue weighted by molar-refractivity contribution is 6.19. The quantitative estimate of drug-likeness (QED) is 0.282. The molecule has 8 heavy (non-hydrogen) atoms. The third kappa shape index (κ3) is 25.2. The second-order valence-corrected chi connectivity index (χ2v) is 0.583. The van der Waals surface area contributed by atoms with Gasteiger partial charge in [-0.3, -0.25) is 0 Å². The van der Waals surface area contributed by atoms with E-state index in [-0.39, 0.29) is 0 Å². The summed E-state index contributed by atoms with van der Waals surface area (Å²) in [6, 6.07) is 0. The summed E-state index contributed by atoms with van der Waals surface area (Å²) in [4.78, 5) is 25.5. The van der Waals surface area contributed by atoms with Crippen LogP contribution in [0.1, 0.15) is 0 Å². The van der Waals surface area contributed by atoms with Gasteiger partial charge in [0.15, 0.2) is 0 Å². The van der Waals surface area contributed by atoms with E-state index in [1.165, 1.54) is 0 Å². The predicted octanol–water partition coefficient (Wildman–Crippen LogP) is -0.561. The maximum absolute atomic E-state index is 9.29. The molecule has 0 bridgehead atoms. The number of carboxylic acids is 1. The number of hydrogen-bond donors (Lipinski definition) is 1. The van der Waals surface area contributed by atoms with E-state index in [4.69, 9.17) is 20.6 Å². The van der Waals surface area contributed by atoms with Crippen molar-refractivity contribution < 1.29 is 14.7 Å². The third-order valence-electron chi connectivity index (χ3n) is 0.168. The van der Waals surface area contributed by atoms with Gasteiger partial charge >= 0.3 is 12.2 Å². The number of hydrogen-bond acceptors (Lipinski definition) is 3. The summed E-state index contributed by atoms with van der Waals surface area (Å²) in [5, 5.41) is 7.60. The molecule has 0 atom stereocenters. The predicted molar refractivity (Wildman–Crippen MR) is 24.1 cm³/mol. The number of carbonyl (C=O) groups is 1. The first kappa shape index (κ1) is 9.67. The van der Waals surface area contributed by atoms with Gasteiger partial charge in [-0.1, -0.05) is 0 Å². The summed E-state index contributed by atoms with van der Waals surface area (Å²) in [6.45, 7) is 0. The molecule has 0 saturated carbocycles. The van der Waals surface area contributed by atoms with E-state index in [1.807, 2.05) is 0 Å². The zero-order valence-electron chi connectivity index (χ0n) is 3.64. The molecule has 0 unspecified atom stereocenters. The Balaban J connectivity index is 0. The summed E-state index contributed by atoms with van der Waals surface area (Å²) in [5.41, 5.74) is 7.43. The highest BCUT2D eigenvalue weighted by Gasteiger charge is 1.88. The fraction of sp³-hybridized carbons (Fsp3) is 0. The summed E-state index contributed by atoms with van der Waals surface area (Å²) in [7, 11) is 0. The van der Waals surface area contributed by atoms with E-state index in [1.54, 1.807) is 0 Å². The lowest BCUT2D eigenvalue weighted by atomic mass is 10.8. The molecule has 44 valence electrons. The molecule has 6 nitrogen and oxygen atoms in total. The smallest absolute Gasteiger partial charge is 0.411 e. The van der Waals surface area contributed by atoms with Crippen LogP contribution < -0.4 is 0 Å². The highest BCUT2D eigenvalue weighted by Crippen LogP contribution is 1.41. The van der Waals surface area contributed by atoms with Gasteiger partial charge < -0.3 is 10.6 Å². The summed E-state index contributed by atoms with van der Waals surface area (Å²) >= 11 is 0. The minimum atomic E-state index is -1.25. The Morgan fingerprint density at radius 2 is 2.00 bits per heavy atom. The lowest BCUT2D eigenvalue weighted by molar-refractivity contribution is -0.132. The van der Waals surface area contributed by atoms with Crippen LogP contribution in [0.25, 0.3) is 5.53 Å². The van der Waals surface area contributed by atoms with Crippen LogP contribution in [0.15, 0.2) is 0 Å². The van der Waals surface area contributed by atoms with Crippen molar-refractivity contribution in [3.63, 3.8) is 0 Å². The molecular formula is C2H2N2O4. The average molecular weight is 118 g/mol. The van der Waals surface area contributed by atoms with Crippen molar-refractivity contribution in [2.45, 2.75) is 0 Å². The summed E-state index contributed by atoms with van der Waals surface area (Å²) < 4.78 is 0. The van der Waals surface area contributed by atoms with Crippen molar-refractivity contribution in [3.05, 3.63) is 15.5 Å². The molecule has 0 aromatic carbocycles. The minimum absolute atomic E-state index is 0.389. The van der Waals surface area contributed by atoms with Gasteiger partial charge in [-0.15, -0.1) is 0 Å². The SMILES string of the molecule is O=O.[N-]=[N+]=CC(=O)O. The largest absolute Gasteiger partial charge is 0.473 e. The first-order valence-corrected chi connectivity index (χ1v) is 1.34. The van der Waals surface area contributed by atoms with Crippen molar-refractivity contribution in [2.24, 2.45) is 0 Å². The van der Waals surface area contributed by atoms with E-state index in [0.717, 1.165) is 0 Å². The molecule has 0 heterocycles. The van der Waals surface area contributed by atoms with E-state index >= 15 is 0 Å². The maximum atomic E-state index is 9.29. The van der Waals surface area contributed by atoms with Crippen LogP contribution in [0.3, 0.4) is 0 Å². The Hall–Kier alpha value is -1.55. The number of aliphatic carboxylic acids is 1. The fourth-order valence-electron chi connectivity index (χ4n) is 0.0494. The second-order valence-electron chi connectivity index (χ2n) is 0.583. The van der Waals surface area contributed by atoms with Gasteiger partial charge in [0.1, 0.15) is 0 Å². The summed E-state index contributed by atoms with van der Waals surface area (Å²) in [6.07, 6.45) is 0.389. The van der Waals surface area contributed by atoms with E-state index in [9.17, 15) is 4.79 Å². The molecule has 0 aliphatic heterocycles. The van der Waals surface area contributed by atoms with Gasteiger partial charge in [-0.25, -0.2) is 4.79 Å². The Morgan fingerprint density at radius 3 is 2.00 bits per heavy atom. The van der Waals surface area contributed by atoms with Crippen LogP contribution in [0, 0.1) is 9.93 Å². The zero-order chi connectivity index (χ0) is 6.99. The standard InChI is InChI=1S/C2H2N2O2.O2/c3-4-1-2(5)6;1-2/h1H,(H,5,6);. The normalized spacial score (nSPS) is 5.00. The number of rotatable bonds is 1.